The minimum Gasteiger partial charge on any atom is -0.394 e. The summed E-state index contributed by atoms with van der Waals surface area (Å²) in [5, 5.41) is 13.5. The summed E-state index contributed by atoms with van der Waals surface area (Å²) in [6.07, 6.45) is 2.23. The second-order valence-corrected chi connectivity index (χ2v) is 6.40. The van der Waals surface area contributed by atoms with Crippen molar-refractivity contribution in [2.24, 2.45) is 5.92 Å². The monoisotopic (exact) mass is 310 g/mol. The number of rotatable bonds is 3. The standard InChI is InChI=1S/C14H19BrN2O/c15-12-1-3-13(4-2-12)16-14(10-18)6-8-17-7-5-11(14)9-17/h1-4,11,16,18H,5-10H2. The smallest absolute Gasteiger partial charge is 0.0665 e. The molecule has 3 atom stereocenters. The summed E-state index contributed by atoms with van der Waals surface area (Å²) in [5.41, 5.74) is 0.980. The highest BCUT2D eigenvalue weighted by atomic mass is 79.9. The molecular formula is C14H19BrN2O. The predicted octanol–water partition coefficient (Wildman–Crippen LogP) is 2.32. The highest BCUT2D eigenvalue weighted by Crippen LogP contribution is 2.37. The molecule has 3 unspecified atom stereocenters. The summed E-state index contributed by atoms with van der Waals surface area (Å²) >= 11 is 3.45. The Morgan fingerprint density at radius 2 is 2.11 bits per heavy atom. The van der Waals surface area contributed by atoms with Gasteiger partial charge in [0.05, 0.1) is 12.1 Å². The molecule has 98 valence electrons. The van der Waals surface area contributed by atoms with Crippen molar-refractivity contribution in [3.8, 4) is 0 Å². The van der Waals surface area contributed by atoms with Gasteiger partial charge >= 0.3 is 0 Å². The van der Waals surface area contributed by atoms with Gasteiger partial charge in [0.1, 0.15) is 0 Å². The zero-order valence-electron chi connectivity index (χ0n) is 10.4. The Kier molecular flexibility index (Phi) is 3.34. The van der Waals surface area contributed by atoms with Gasteiger partial charge in [0.25, 0.3) is 0 Å². The third kappa shape index (κ3) is 2.17. The molecule has 2 N–H and O–H groups in total. The largest absolute Gasteiger partial charge is 0.394 e. The van der Waals surface area contributed by atoms with Crippen molar-refractivity contribution in [2.45, 2.75) is 18.4 Å². The molecular weight excluding hydrogens is 292 g/mol. The number of fused-ring (bicyclic) bond motifs is 2. The van der Waals surface area contributed by atoms with Gasteiger partial charge in [-0.25, -0.2) is 0 Å². The first kappa shape index (κ1) is 12.5. The second kappa shape index (κ2) is 4.83. The highest BCUT2D eigenvalue weighted by molar-refractivity contribution is 9.10. The third-order valence-corrected chi connectivity index (χ3v) is 4.98. The molecule has 4 heteroatoms. The molecule has 0 aromatic heterocycles. The summed E-state index contributed by atoms with van der Waals surface area (Å²) in [6, 6.07) is 8.22. The SMILES string of the molecule is OCC1(Nc2ccc(Br)cc2)CCN2CCC1C2. The molecule has 2 heterocycles. The zero-order chi connectivity index (χ0) is 12.6. The van der Waals surface area contributed by atoms with Crippen LogP contribution in [0.1, 0.15) is 12.8 Å². The summed E-state index contributed by atoms with van der Waals surface area (Å²) in [6.45, 7) is 3.64. The van der Waals surface area contributed by atoms with Gasteiger partial charge in [0.15, 0.2) is 0 Å². The highest BCUT2D eigenvalue weighted by Gasteiger charge is 2.45. The van der Waals surface area contributed by atoms with Crippen LogP contribution < -0.4 is 5.32 Å². The van der Waals surface area contributed by atoms with Crippen molar-refractivity contribution in [2.75, 3.05) is 31.6 Å². The van der Waals surface area contributed by atoms with Crippen LogP contribution in [-0.4, -0.2) is 41.8 Å². The van der Waals surface area contributed by atoms with Crippen molar-refractivity contribution in [3.05, 3.63) is 28.7 Å². The number of nitrogens with zero attached hydrogens (tertiary/aromatic N) is 1. The fraction of sp³-hybridized carbons (Fsp3) is 0.571. The first-order chi connectivity index (χ1) is 8.72. The summed E-state index contributed by atoms with van der Waals surface area (Å²) in [7, 11) is 0. The maximum absolute atomic E-state index is 9.89. The molecule has 2 aliphatic heterocycles. The van der Waals surface area contributed by atoms with Crippen LogP contribution in [0, 0.1) is 5.92 Å². The van der Waals surface area contributed by atoms with E-state index in [-0.39, 0.29) is 12.1 Å². The topological polar surface area (TPSA) is 35.5 Å². The minimum absolute atomic E-state index is 0.124. The fourth-order valence-corrected chi connectivity index (χ4v) is 3.55. The molecule has 0 spiro atoms. The van der Waals surface area contributed by atoms with Crippen LogP contribution in [0.2, 0.25) is 0 Å². The number of anilines is 1. The van der Waals surface area contributed by atoms with Crippen molar-refractivity contribution in [1.82, 2.24) is 4.90 Å². The molecule has 3 rings (SSSR count). The lowest BCUT2D eigenvalue weighted by Gasteiger charge is -2.43. The maximum atomic E-state index is 9.89. The van der Waals surface area contributed by atoms with Crippen molar-refractivity contribution >= 4 is 21.6 Å². The quantitative estimate of drug-likeness (QED) is 0.899. The number of nitrogens with one attached hydrogen (secondary N) is 1. The van der Waals surface area contributed by atoms with E-state index in [1.54, 1.807) is 0 Å². The molecule has 0 amide bonds. The van der Waals surface area contributed by atoms with Gasteiger partial charge in [-0.3, -0.25) is 0 Å². The van der Waals surface area contributed by atoms with E-state index in [0.717, 1.165) is 29.7 Å². The second-order valence-electron chi connectivity index (χ2n) is 5.48. The molecule has 2 fully saturated rings. The number of aliphatic hydroxyl groups excluding tert-OH is 1. The lowest BCUT2D eigenvalue weighted by molar-refractivity contribution is 0.112. The summed E-state index contributed by atoms with van der Waals surface area (Å²) in [4.78, 5) is 2.50. The molecule has 1 aromatic rings. The molecule has 0 saturated carbocycles. The van der Waals surface area contributed by atoms with Crippen molar-refractivity contribution in [3.63, 3.8) is 0 Å². The lowest BCUT2D eigenvalue weighted by atomic mass is 9.79. The van der Waals surface area contributed by atoms with Crippen LogP contribution in [0.5, 0.6) is 0 Å². The minimum atomic E-state index is -0.124. The number of benzene rings is 1. The Labute approximate surface area is 116 Å². The summed E-state index contributed by atoms with van der Waals surface area (Å²) in [5.74, 6) is 0.569. The van der Waals surface area contributed by atoms with Gasteiger partial charge in [-0.15, -0.1) is 0 Å². The van der Waals surface area contributed by atoms with Crippen LogP contribution in [-0.2, 0) is 0 Å². The molecule has 2 bridgehead atoms. The number of halogens is 1. The first-order valence-electron chi connectivity index (χ1n) is 6.59. The Hall–Kier alpha value is -0.580. The molecule has 0 aliphatic carbocycles. The Morgan fingerprint density at radius 1 is 1.33 bits per heavy atom. The molecule has 2 aliphatic rings. The Balaban J connectivity index is 1.81. The van der Waals surface area contributed by atoms with Gasteiger partial charge in [-0.05, 0) is 49.6 Å². The lowest BCUT2D eigenvalue weighted by Crippen LogP contribution is -2.54. The molecule has 0 radical (unpaired) electrons. The van der Waals surface area contributed by atoms with Gasteiger partial charge in [0.2, 0.25) is 0 Å². The maximum Gasteiger partial charge on any atom is 0.0665 e. The van der Waals surface area contributed by atoms with E-state index in [4.69, 9.17) is 0 Å². The van der Waals surface area contributed by atoms with Crippen LogP contribution in [0.25, 0.3) is 0 Å². The summed E-state index contributed by atoms with van der Waals surface area (Å²) < 4.78 is 1.08. The Morgan fingerprint density at radius 3 is 2.83 bits per heavy atom. The van der Waals surface area contributed by atoms with E-state index in [0.29, 0.717) is 5.92 Å². The van der Waals surface area contributed by atoms with E-state index >= 15 is 0 Å². The zero-order valence-corrected chi connectivity index (χ0v) is 12.0. The average molecular weight is 311 g/mol. The number of piperidine rings is 1. The van der Waals surface area contributed by atoms with Gasteiger partial charge in [0, 0.05) is 23.2 Å². The molecule has 1 aromatic carbocycles. The van der Waals surface area contributed by atoms with Crippen LogP contribution in [0.4, 0.5) is 5.69 Å². The van der Waals surface area contributed by atoms with Crippen LogP contribution in [0.3, 0.4) is 0 Å². The Bertz CT molecular complexity index is 422. The van der Waals surface area contributed by atoms with Gasteiger partial charge in [-0.1, -0.05) is 15.9 Å². The van der Waals surface area contributed by atoms with Crippen molar-refractivity contribution < 1.29 is 5.11 Å². The van der Waals surface area contributed by atoms with Gasteiger partial charge < -0.3 is 15.3 Å². The van der Waals surface area contributed by atoms with E-state index in [2.05, 4.69) is 38.3 Å². The van der Waals surface area contributed by atoms with Crippen LogP contribution in [0.15, 0.2) is 28.7 Å². The van der Waals surface area contributed by atoms with Gasteiger partial charge in [-0.2, -0.15) is 0 Å². The van der Waals surface area contributed by atoms with E-state index in [1.165, 1.54) is 13.0 Å². The molecule has 3 nitrogen and oxygen atoms in total. The van der Waals surface area contributed by atoms with E-state index in [1.807, 2.05) is 12.1 Å². The molecule has 18 heavy (non-hydrogen) atoms. The third-order valence-electron chi connectivity index (χ3n) is 4.45. The first-order valence-corrected chi connectivity index (χ1v) is 7.38. The van der Waals surface area contributed by atoms with Crippen LogP contribution >= 0.6 is 15.9 Å². The number of hydrogen-bond acceptors (Lipinski definition) is 3. The van der Waals surface area contributed by atoms with E-state index < -0.39 is 0 Å². The average Bonchev–Trinajstić information content (AvgIpc) is 2.81. The predicted molar refractivity (Wildman–Crippen MR) is 76.7 cm³/mol. The fourth-order valence-electron chi connectivity index (χ4n) is 3.28. The van der Waals surface area contributed by atoms with E-state index in [9.17, 15) is 5.11 Å². The molecule has 2 saturated heterocycles. The normalized spacial score (nSPS) is 34.6. The number of hydrogen-bond donors (Lipinski definition) is 2. The number of aliphatic hydroxyl groups is 1. The van der Waals surface area contributed by atoms with Crippen molar-refractivity contribution in [1.29, 1.82) is 0 Å².